The summed E-state index contributed by atoms with van der Waals surface area (Å²) in [6, 6.07) is 0. The Morgan fingerprint density at radius 1 is 1.47 bits per heavy atom. The van der Waals surface area contributed by atoms with Gasteiger partial charge in [-0.2, -0.15) is 12.7 Å². The largest absolute Gasteiger partial charge is 0.469 e. The molecule has 0 aliphatic carbocycles. The molecule has 0 aromatic heterocycles. The number of methoxy groups -OCH3 is 1. The number of esters is 1. The minimum absolute atomic E-state index is 0.0134. The molecule has 0 aromatic rings. The van der Waals surface area contributed by atoms with E-state index >= 15 is 0 Å². The maximum Gasteiger partial charge on any atom is 0.310 e. The van der Waals surface area contributed by atoms with Gasteiger partial charge in [-0.3, -0.25) is 4.79 Å². The van der Waals surface area contributed by atoms with Crippen LogP contribution in [-0.4, -0.2) is 45.9 Å². The van der Waals surface area contributed by atoms with Crippen molar-refractivity contribution < 1.29 is 17.9 Å². The zero-order valence-corrected chi connectivity index (χ0v) is 9.87. The van der Waals surface area contributed by atoms with Crippen LogP contribution in [0.5, 0.6) is 0 Å². The lowest BCUT2D eigenvalue weighted by Gasteiger charge is -2.14. The molecule has 0 radical (unpaired) electrons. The van der Waals surface area contributed by atoms with Crippen LogP contribution in [-0.2, 0) is 19.7 Å². The van der Waals surface area contributed by atoms with Gasteiger partial charge in [0, 0.05) is 20.1 Å². The summed E-state index contributed by atoms with van der Waals surface area (Å²) in [6.45, 7) is 2.38. The highest BCUT2D eigenvalue weighted by atomic mass is 32.2. The van der Waals surface area contributed by atoms with Crippen LogP contribution >= 0.6 is 0 Å². The summed E-state index contributed by atoms with van der Waals surface area (Å²) in [5.41, 5.74) is 0. The van der Waals surface area contributed by atoms with Gasteiger partial charge in [0.1, 0.15) is 0 Å². The fraction of sp³-hybridized carbons (Fsp3) is 0.875. The van der Waals surface area contributed by atoms with Gasteiger partial charge in [0.05, 0.1) is 13.0 Å². The minimum atomic E-state index is -3.43. The second-order valence-corrected chi connectivity index (χ2v) is 5.51. The van der Waals surface area contributed by atoms with Gasteiger partial charge < -0.3 is 4.74 Å². The molecule has 0 aromatic carbocycles. The Bertz CT molecular complexity index is 341. The SMILES string of the molecule is CNS(=O)(=O)N1CC(C)C(C(=O)OC)C1. The van der Waals surface area contributed by atoms with Crippen molar-refractivity contribution in [2.45, 2.75) is 6.92 Å². The lowest BCUT2D eigenvalue weighted by atomic mass is 9.99. The molecular weight excluding hydrogens is 220 g/mol. The maximum atomic E-state index is 11.5. The smallest absolute Gasteiger partial charge is 0.310 e. The molecule has 1 aliphatic rings. The van der Waals surface area contributed by atoms with Crippen molar-refractivity contribution in [3.8, 4) is 0 Å². The number of nitrogens with one attached hydrogen (secondary N) is 1. The van der Waals surface area contributed by atoms with E-state index in [0.717, 1.165) is 0 Å². The molecule has 6 nitrogen and oxygen atoms in total. The standard InChI is InChI=1S/C8H16N2O4S/c1-6-4-10(15(12,13)9-2)5-7(6)8(11)14-3/h6-7,9H,4-5H2,1-3H3. The number of carbonyl (C=O) groups excluding carboxylic acids is 1. The number of nitrogens with zero attached hydrogens (tertiary/aromatic N) is 1. The van der Waals surface area contributed by atoms with Crippen molar-refractivity contribution in [1.29, 1.82) is 0 Å². The van der Waals surface area contributed by atoms with Crippen LogP contribution in [0.3, 0.4) is 0 Å². The summed E-state index contributed by atoms with van der Waals surface area (Å²) >= 11 is 0. The molecule has 1 aliphatic heterocycles. The van der Waals surface area contributed by atoms with Crippen LogP contribution in [0.1, 0.15) is 6.92 Å². The first-order valence-electron chi connectivity index (χ1n) is 4.68. The number of ether oxygens (including phenoxy) is 1. The van der Waals surface area contributed by atoms with Crippen LogP contribution in [0.15, 0.2) is 0 Å². The summed E-state index contributed by atoms with van der Waals surface area (Å²) in [5.74, 6) is -0.727. The Kier molecular flexibility index (Phi) is 3.69. The molecule has 1 rings (SSSR count). The molecule has 1 heterocycles. The van der Waals surface area contributed by atoms with Crippen molar-refractivity contribution in [1.82, 2.24) is 9.03 Å². The molecule has 2 atom stereocenters. The van der Waals surface area contributed by atoms with E-state index in [-0.39, 0.29) is 24.3 Å². The molecule has 0 bridgehead atoms. The van der Waals surface area contributed by atoms with Crippen LogP contribution in [0, 0.1) is 11.8 Å². The lowest BCUT2D eigenvalue weighted by molar-refractivity contribution is -0.145. The molecule has 0 spiro atoms. The summed E-state index contributed by atoms with van der Waals surface area (Å²) in [4.78, 5) is 11.3. The van der Waals surface area contributed by atoms with Crippen LogP contribution < -0.4 is 4.72 Å². The van der Waals surface area contributed by atoms with Gasteiger partial charge in [-0.25, -0.2) is 4.72 Å². The fourth-order valence-corrected chi connectivity index (χ4v) is 2.75. The second kappa shape index (κ2) is 4.46. The highest BCUT2D eigenvalue weighted by Crippen LogP contribution is 2.25. The van der Waals surface area contributed by atoms with E-state index < -0.39 is 10.2 Å². The van der Waals surface area contributed by atoms with Crippen molar-refractivity contribution in [2.75, 3.05) is 27.2 Å². The number of carbonyl (C=O) groups is 1. The van der Waals surface area contributed by atoms with Crippen molar-refractivity contribution in [3.63, 3.8) is 0 Å². The third-order valence-electron chi connectivity index (χ3n) is 2.68. The summed E-state index contributed by atoms with van der Waals surface area (Å²) in [6.07, 6.45) is 0. The van der Waals surface area contributed by atoms with Gasteiger partial charge >= 0.3 is 5.97 Å². The molecule has 1 N–H and O–H groups in total. The molecule has 88 valence electrons. The van der Waals surface area contributed by atoms with E-state index in [1.807, 2.05) is 6.92 Å². The zero-order valence-electron chi connectivity index (χ0n) is 9.06. The van der Waals surface area contributed by atoms with Gasteiger partial charge in [0.15, 0.2) is 0 Å². The average Bonchev–Trinajstić information content (AvgIpc) is 2.60. The predicted octanol–water partition coefficient (Wildman–Crippen LogP) is -0.808. The first-order chi connectivity index (χ1) is 6.92. The highest BCUT2D eigenvalue weighted by molar-refractivity contribution is 7.87. The van der Waals surface area contributed by atoms with Crippen LogP contribution in [0.25, 0.3) is 0 Å². The third kappa shape index (κ3) is 2.47. The van der Waals surface area contributed by atoms with E-state index in [0.29, 0.717) is 6.54 Å². The van der Waals surface area contributed by atoms with Crippen LogP contribution in [0.4, 0.5) is 0 Å². The Balaban J connectivity index is 2.76. The first kappa shape index (κ1) is 12.4. The monoisotopic (exact) mass is 236 g/mol. The molecular formula is C8H16N2O4S. The van der Waals surface area contributed by atoms with Gasteiger partial charge in [0.2, 0.25) is 0 Å². The molecule has 0 saturated carbocycles. The summed E-state index contributed by atoms with van der Waals surface area (Å²) in [7, 11) is -0.767. The van der Waals surface area contributed by atoms with E-state index in [4.69, 9.17) is 0 Å². The van der Waals surface area contributed by atoms with E-state index in [9.17, 15) is 13.2 Å². The minimum Gasteiger partial charge on any atom is -0.469 e. The molecule has 15 heavy (non-hydrogen) atoms. The highest BCUT2D eigenvalue weighted by Gasteiger charge is 2.40. The fourth-order valence-electron chi connectivity index (χ4n) is 1.71. The number of hydrogen-bond acceptors (Lipinski definition) is 4. The molecule has 1 saturated heterocycles. The molecule has 0 amide bonds. The van der Waals surface area contributed by atoms with E-state index in [1.54, 1.807) is 0 Å². The molecule has 2 unspecified atom stereocenters. The van der Waals surface area contributed by atoms with Gasteiger partial charge in [-0.1, -0.05) is 6.92 Å². The second-order valence-electron chi connectivity index (χ2n) is 3.63. The first-order valence-corrected chi connectivity index (χ1v) is 6.12. The Morgan fingerprint density at radius 2 is 2.07 bits per heavy atom. The number of hydrogen-bond donors (Lipinski definition) is 1. The Labute approximate surface area is 89.8 Å². The zero-order chi connectivity index (χ0) is 11.6. The van der Waals surface area contributed by atoms with Gasteiger partial charge in [0.25, 0.3) is 10.2 Å². The normalized spacial score (nSPS) is 27.9. The van der Waals surface area contributed by atoms with Crippen molar-refractivity contribution in [2.24, 2.45) is 11.8 Å². The Hall–Kier alpha value is -0.660. The van der Waals surface area contributed by atoms with E-state index in [2.05, 4.69) is 9.46 Å². The Morgan fingerprint density at radius 3 is 2.53 bits per heavy atom. The number of rotatable bonds is 3. The van der Waals surface area contributed by atoms with Crippen LogP contribution in [0.2, 0.25) is 0 Å². The summed E-state index contributed by atoms with van der Waals surface area (Å²) in [5, 5.41) is 0. The van der Waals surface area contributed by atoms with E-state index in [1.165, 1.54) is 18.5 Å². The predicted molar refractivity (Wildman–Crippen MR) is 54.2 cm³/mol. The third-order valence-corrected chi connectivity index (χ3v) is 4.17. The summed E-state index contributed by atoms with van der Waals surface area (Å²) < 4.78 is 31.0. The maximum absolute atomic E-state index is 11.5. The van der Waals surface area contributed by atoms with Gasteiger partial charge in [-0.15, -0.1) is 0 Å². The average molecular weight is 236 g/mol. The molecule has 7 heteroatoms. The quantitative estimate of drug-likeness (QED) is 0.650. The van der Waals surface area contributed by atoms with Crippen molar-refractivity contribution >= 4 is 16.2 Å². The van der Waals surface area contributed by atoms with Gasteiger partial charge in [-0.05, 0) is 5.92 Å². The lowest BCUT2D eigenvalue weighted by Crippen LogP contribution is -2.37. The van der Waals surface area contributed by atoms with Crippen molar-refractivity contribution in [3.05, 3.63) is 0 Å². The topological polar surface area (TPSA) is 75.7 Å². The molecule has 1 fully saturated rings.